The van der Waals surface area contributed by atoms with Crippen LogP contribution in [-0.4, -0.2) is 7.11 Å². The third kappa shape index (κ3) is 2.66. The van der Waals surface area contributed by atoms with Crippen LogP contribution in [0.3, 0.4) is 0 Å². The molecule has 1 aromatic rings. The minimum atomic E-state index is 0. The summed E-state index contributed by atoms with van der Waals surface area (Å²) in [5.74, 6) is 0.878. The molecule has 0 unspecified atom stereocenters. The molecule has 0 aliphatic carbocycles. The molecule has 0 N–H and O–H groups in total. The summed E-state index contributed by atoms with van der Waals surface area (Å²) in [6.45, 7) is 0. The zero-order chi connectivity index (χ0) is 5.82. The van der Waals surface area contributed by atoms with Crippen molar-refractivity contribution < 1.29 is 25.8 Å². The van der Waals surface area contributed by atoms with E-state index in [1.807, 2.05) is 24.3 Å². The van der Waals surface area contributed by atoms with Crippen LogP contribution in [0.5, 0.6) is 5.75 Å². The zero-order valence-electron chi connectivity index (χ0n) is 5.03. The van der Waals surface area contributed by atoms with Crippen molar-refractivity contribution in [2.45, 2.75) is 0 Å². The summed E-state index contributed by atoms with van der Waals surface area (Å²) in [6, 6.07) is 10.2. The van der Waals surface area contributed by atoms with E-state index in [2.05, 4.69) is 6.07 Å². The van der Waals surface area contributed by atoms with Gasteiger partial charge in [-0.25, -0.2) is 0 Å². The van der Waals surface area contributed by atoms with Gasteiger partial charge in [-0.15, -0.1) is 0 Å². The van der Waals surface area contributed by atoms with Crippen molar-refractivity contribution in [3.8, 4) is 5.75 Å². The van der Waals surface area contributed by atoms with Crippen LogP contribution in [0.25, 0.3) is 0 Å². The summed E-state index contributed by atoms with van der Waals surface area (Å²) in [4.78, 5) is 0. The van der Waals surface area contributed by atoms with Crippen molar-refractivity contribution in [2.75, 3.05) is 7.11 Å². The quantitative estimate of drug-likeness (QED) is 0.764. The van der Waals surface area contributed by atoms with Crippen LogP contribution in [0, 0.1) is 6.07 Å². The molecule has 0 aromatic heterocycles. The van der Waals surface area contributed by atoms with Gasteiger partial charge in [-0.05, 0) is 18.2 Å². The average molecular weight is 302 g/mol. The molecule has 0 amide bonds. The van der Waals surface area contributed by atoms with E-state index in [4.69, 9.17) is 4.74 Å². The molecule has 0 bridgehead atoms. The van der Waals surface area contributed by atoms with E-state index in [1.54, 1.807) is 7.11 Å². The number of rotatable bonds is 1. The summed E-state index contributed by atoms with van der Waals surface area (Å²) >= 11 is 0. The fourth-order valence-electron chi connectivity index (χ4n) is 0.508. The van der Waals surface area contributed by atoms with E-state index in [-0.39, 0.29) is 21.1 Å². The first kappa shape index (κ1) is 8.71. The van der Waals surface area contributed by atoms with E-state index in [0.29, 0.717) is 0 Å². The van der Waals surface area contributed by atoms with Gasteiger partial charge in [0.2, 0.25) is 0 Å². The molecule has 51 valence electrons. The van der Waals surface area contributed by atoms with E-state index in [0.717, 1.165) is 5.75 Å². The van der Waals surface area contributed by atoms with Crippen LogP contribution in [0.2, 0.25) is 0 Å². The molecule has 2 heteroatoms. The van der Waals surface area contributed by atoms with E-state index >= 15 is 0 Å². The topological polar surface area (TPSA) is 9.23 Å². The molecule has 1 rings (SSSR count). The maximum atomic E-state index is 4.89. The first-order valence-electron chi connectivity index (χ1n) is 2.43. The van der Waals surface area contributed by atoms with E-state index in [1.165, 1.54) is 0 Å². The Morgan fingerprint density at radius 3 is 2.22 bits per heavy atom. The predicted octanol–water partition coefficient (Wildman–Crippen LogP) is 1.49. The van der Waals surface area contributed by atoms with Crippen LogP contribution < -0.4 is 4.74 Å². The molecule has 1 radical (unpaired) electrons. The molecule has 0 heterocycles. The first-order chi connectivity index (χ1) is 3.93. The fourth-order valence-corrected chi connectivity index (χ4v) is 0.508. The number of hydrogen-bond donors (Lipinski definition) is 0. The Hall–Kier alpha value is -0.292. The van der Waals surface area contributed by atoms with Crippen LogP contribution in [0.1, 0.15) is 0 Å². The maximum Gasteiger partial charge on any atom is 0.118 e. The minimum absolute atomic E-state index is 0. The van der Waals surface area contributed by atoms with Gasteiger partial charge in [0.15, 0.2) is 0 Å². The van der Waals surface area contributed by atoms with Gasteiger partial charge in [0.1, 0.15) is 5.75 Å². The summed E-state index contributed by atoms with van der Waals surface area (Å²) in [7, 11) is 1.65. The second kappa shape index (κ2) is 4.57. The van der Waals surface area contributed by atoms with Crippen molar-refractivity contribution >= 4 is 0 Å². The molecule has 0 aliphatic rings. The van der Waals surface area contributed by atoms with Gasteiger partial charge in [-0.3, -0.25) is 0 Å². The second-order valence-corrected chi connectivity index (χ2v) is 1.44. The molecule has 1 nitrogen and oxygen atoms in total. The van der Waals surface area contributed by atoms with Crippen molar-refractivity contribution in [2.24, 2.45) is 0 Å². The monoisotopic (exact) mass is 302 g/mol. The van der Waals surface area contributed by atoms with E-state index in [9.17, 15) is 0 Å². The van der Waals surface area contributed by atoms with Gasteiger partial charge in [-0.2, -0.15) is 0 Å². The molecular weight excluding hydrogens is 295 g/mol. The number of benzene rings is 1. The van der Waals surface area contributed by atoms with Gasteiger partial charge < -0.3 is 4.74 Å². The van der Waals surface area contributed by atoms with Crippen LogP contribution in [0.4, 0.5) is 0 Å². The molecular formula is C7H7OPt. The van der Waals surface area contributed by atoms with Gasteiger partial charge in [0.25, 0.3) is 0 Å². The SMILES string of the molecule is COc1cc[c]cc1.[Pt]. The van der Waals surface area contributed by atoms with Crippen molar-refractivity contribution in [1.29, 1.82) is 0 Å². The molecule has 0 aliphatic heterocycles. The van der Waals surface area contributed by atoms with Crippen molar-refractivity contribution in [1.82, 2.24) is 0 Å². The average Bonchev–Trinajstić information content (AvgIpc) is 1.90. The third-order valence-corrected chi connectivity index (χ3v) is 0.923. The summed E-state index contributed by atoms with van der Waals surface area (Å²) in [5.41, 5.74) is 0. The largest absolute Gasteiger partial charge is 0.497 e. The molecule has 0 spiro atoms. The Labute approximate surface area is 69.3 Å². The van der Waals surface area contributed by atoms with Gasteiger partial charge in [0, 0.05) is 21.1 Å². The Morgan fingerprint density at radius 1 is 1.33 bits per heavy atom. The Bertz CT molecular complexity index is 150. The minimum Gasteiger partial charge on any atom is -0.497 e. The number of methoxy groups -OCH3 is 1. The summed E-state index contributed by atoms with van der Waals surface area (Å²) in [5, 5.41) is 0. The Morgan fingerprint density at radius 2 is 1.89 bits per heavy atom. The Balaban J connectivity index is 0.000000640. The molecule has 9 heavy (non-hydrogen) atoms. The standard InChI is InChI=1S/C7H7O.Pt/c1-8-7-5-3-2-4-6-7;/h3-6H,1H3;. The first-order valence-corrected chi connectivity index (χ1v) is 2.43. The zero-order valence-corrected chi connectivity index (χ0v) is 7.31. The summed E-state index contributed by atoms with van der Waals surface area (Å²) < 4.78 is 4.89. The molecule has 0 saturated carbocycles. The molecule has 0 saturated heterocycles. The molecule has 0 fully saturated rings. The predicted molar refractivity (Wildman–Crippen MR) is 31.8 cm³/mol. The number of ether oxygens (including phenoxy) is 1. The van der Waals surface area contributed by atoms with E-state index < -0.39 is 0 Å². The van der Waals surface area contributed by atoms with Crippen LogP contribution in [0.15, 0.2) is 24.3 Å². The van der Waals surface area contributed by atoms with Crippen LogP contribution >= 0.6 is 0 Å². The van der Waals surface area contributed by atoms with Gasteiger partial charge in [0.05, 0.1) is 7.11 Å². The molecule has 0 atom stereocenters. The second-order valence-electron chi connectivity index (χ2n) is 1.44. The number of hydrogen-bond acceptors (Lipinski definition) is 1. The Kier molecular flexibility index (Phi) is 4.43. The third-order valence-electron chi connectivity index (χ3n) is 0.923. The summed E-state index contributed by atoms with van der Waals surface area (Å²) in [6.07, 6.45) is 0. The fraction of sp³-hybridized carbons (Fsp3) is 0.143. The van der Waals surface area contributed by atoms with Crippen molar-refractivity contribution in [3.63, 3.8) is 0 Å². The van der Waals surface area contributed by atoms with Gasteiger partial charge in [-0.1, -0.05) is 12.1 Å². The molecule has 1 aromatic carbocycles. The van der Waals surface area contributed by atoms with Crippen molar-refractivity contribution in [3.05, 3.63) is 30.3 Å². The smallest absolute Gasteiger partial charge is 0.118 e. The van der Waals surface area contributed by atoms with Gasteiger partial charge >= 0.3 is 0 Å². The van der Waals surface area contributed by atoms with Crippen LogP contribution in [-0.2, 0) is 21.1 Å². The maximum absolute atomic E-state index is 4.89. The normalized spacial score (nSPS) is 7.67.